The highest BCUT2D eigenvalue weighted by Gasteiger charge is 2.23. The van der Waals surface area contributed by atoms with Gasteiger partial charge in [-0.15, -0.1) is 0 Å². The van der Waals surface area contributed by atoms with Crippen LogP contribution in [0.15, 0.2) is 4.79 Å². The number of aromatic nitrogens is 3. The van der Waals surface area contributed by atoms with Gasteiger partial charge in [0.2, 0.25) is 5.91 Å². The topological polar surface area (TPSA) is 83.0 Å². The predicted octanol–water partition coefficient (Wildman–Crippen LogP) is 1.27. The molecule has 1 saturated heterocycles. The van der Waals surface area contributed by atoms with Crippen molar-refractivity contribution < 1.29 is 4.79 Å². The largest absolute Gasteiger partial charge is 0.342 e. The van der Waals surface area contributed by atoms with Crippen molar-refractivity contribution in [3.8, 4) is 0 Å². The van der Waals surface area contributed by atoms with E-state index in [0.29, 0.717) is 29.8 Å². The van der Waals surface area contributed by atoms with Gasteiger partial charge in [-0.2, -0.15) is 0 Å². The van der Waals surface area contributed by atoms with Gasteiger partial charge in [-0.1, -0.05) is 0 Å². The van der Waals surface area contributed by atoms with E-state index in [2.05, 4.69) is 15.4 Å². The molecule has 1 fully saturated rings. The number of carbonyl (C=O) groups is 1. The summed E-state index contributed by atoms with van der Waals surface area (Å²) in [6, 6.07) is 0. The third kappa shape index (κ3) is 3.53. The highest BCUT2D eigenvalue weighted by molar-refractivity contribution is 5.81. The zero-order valence-electron chi connectivity index (χ0n) is 16.2. The van der Waals surface area contributed by atoms with Crippen LogP contribution in [0.4, 0.5) is 0 Å². The summed E-state index contributed by atoms with van der Waals surface area (Å²) in [4.78, 5) is 31.4. The molecular weight excluding hydrogens is 330 g/mol. The lowest BCUT2D eigenvalue weighted by Crippen LogP contribution is -2.42. The second-order valence-electron chi connectivity index (χ2n) is 7.41. The summed E-state index contributed by atoms with van der Waals surface area (Å²) in [6.07, 6.45) is 3.34. The number of fused-ring (bicyclic) bond motifs is 1. The SMILES string of the molecule is CNCC1CCCN(C(=O)CCc2c(C)nc3c(c2C)c(=O)[nH]n3C)C1. The Balaban J connectivity index is 1.74. The summed E-state index contributed by atoms with van der Waals surface area (Å²) >= 11 is 0. The molecule has 3 rings (SSSR count). The molecule has 0 radical (unpaired) electrons. The van der Waals surface area contributed by atoms with E-state index in [4.69, 9.17) is 0 Å². The maximum absolute atomic E-state index is 12.7. The van der Waals surface area contributed by atoms with Gasteiger partial charge in [-0.3, -0.25) is 19.4 Å². The first-order valence-corrected chi connectivity index (χ1v) is 9.39. The van der Waals surface area contributed by atoms with E-state index in [1.165, 1.54) is 6.42 Å². The number of H-pyrrole nitrogens is 1. The Morgan fingerprint density at radius 1 is 1.38 bits per heavy atom. The van der Waals surface area contributed by atoms with E-state index >= 15 is 0 Å². The summed E-state index contributed by atoms with van der Waals surface area (Å²) < 4.78 is 1.65. The van der Waals surface area contributed by atoms with Crippen LogP contribution in [0.1, 0.15) is 36.1 Å². The van der Waals surface area contributed by atoms with Crippen molar-refractivity contribution in [3.63, 3.8) is 0 Å². The van der Waals surface area contributed by atoms with Gasteiger partial charge >= 0.3 is 0 Å². The van der Waals surface area contributed by atoms with E-state index < -0.39 is 0 Å². The molecule has 142 valence electrons. The van der Waals surface area contributed by atoms with Crippen LogP contribution in [-0.2, 0) is 18.3 Å². The summed E-state index contributed by atoms with van der Waals surface area (Å²) in [7, 11) is 3.75. The Morgan fingerprint density at radius 3 is 2.88 bits per heavy atom. The maximum atomic E-state index is 12.7. The Morgan fingerprint density at radius 2 is 2.15 bits per heavy atom. The van der Waals surface area contributed by atoms with Gasteiger partial charge < -0.3 is 10.2 Å². The van der Waals surface area contributed by atoms with Crippen molar-refractivity contribution in [1.82, 2.24) is 25.0 Å². The fraction of sp³-hybridized carbons (Fsp3) is 0.632. The monoisotopic (exact) mass is 359 g/mol. The van der Waals surface area contributed by atoms with Crippen molar-refractivity contribution in [2.45, 2.75) is 39.5 Å². The minimum absolute atomic E-state index is 0.119. The van der Waals surface area contributed by atoms with Crippen LogP contribution >= 0.6 is 0 Å². The summed E-state index contributed by atoms with van der Waals surface area (Å²) in [6.45, 7) is 6.56. The molecule has 2 aromatic heterocycles. The lowest BCUT2D eigenvalue weighted by Gasteiger charge is -2.33. The second kappa shape index (κ2) is 7.61. The van der Waals surface area contributed by atoms with Crippen molar-refractivity contribution in [1.29, 1.82) is 0 Å². The minimum Gasteiger partial charge on any atom is -0.342 e. The molecule has 1 amide bonds. The van der Waals surface area contributed by atoms with Gasteiger partial charge in [-0.05, 0) is 63.7 Å². The molecule has 1 aliphatic heterocycles. The highest BCUT2D eigenvalue weighted by Crippen LogP contribution is 2.22. The molecule has 1 aliphatic rings. The van der Waals surface area contributed by atoms with Crippen LogP contribution in [-0.4, -0.2) is 52.3 Å². The van der Waals surface area contributed by atoms with Crippen molar-refractivity contribution in [2.24, 2.45) is 13.0 Å². The summed E-state index contributed by atoms with van der Waals surface area (Å²) in [5.41, 5.74) is 3.40. The highest BCUT2D eigenvalue weighted by atomic mass is 16.2. The molecule has 3 heterocycles. The van der Waals surface area contributed by atoms with Gasteiger partial charge in [-0.25, -0.2) is 4.98 Å². The number of amides is 1. The van der Waals surface area contributed by atoms with Gasteiger partial charge in [0.05, 0.1) is 5.39 Å². The molecule has 0 aromatic carbocycles. The number of rotatable bonds is 5. The normalized spacial score (nSPS) is 17.8. The number of likely N-dealkylation sites (tertiary alicyclic amines) is 1. The minimum atomic E-state index is -0.119. The summed E-state index contributed by atoms with van der Waals surface area (Å²) in [5.74, 6) is 0.744. The number of hydrogen-bond acceptors (Lipinski definition) is 4. The summed E-state index contributed by atoms with van der Waals surface area (Å²) in [5, 5.41) is 6.61. The molecule has 1 unspecified atom stereocenters. The number of aryl methyl sites for hydroxylation is 3. The number of nitrogens with one attached hydrogen (secondary N) is 2. The zero-order valence-corrected chi connectivity index (χ0v) is 16.2. The molecule has 26 heavy (non-hydrogen) atoms. The molecule has 7 heteroatoms. The average molecular weight is 359 g/mol. The smallest absolute Gasteiger partial charge is 0.273 e. The quantitative estimate of drug-likeness (QED) is 0.842. The molecule has 0 saturated carbocycles. The maximum Gasteiger partial charge on any atom is 0.273 e. The fourth-order valence-electron chi connectivity index (χ4n) is 4.15. The zero-order chi connectivity index (χ0) is 18.8. The third-order valence-corrected chi connectivity index (χ3v) is 5.53. The van der Waals surface area contributed by atoms with Crippen LogP contribution in [0.2, 0.25) is 0 Å². The molecule has 0 bridgehead atoms. The number of pyridine rings is 1. The Bertz CT molecular complexity index is 865. The van der Waals surface area contributed by atoms with Gasteiger partial charge in [0, 0.05) is 32.3 Å². The number of carbonyl (C=O) groups excluding carboxylic acids is 1. The van der Waals surface area contributed by atoms with E-state index in [-0.39, 0.29) is 11.5 Å². The second-order valence-corrected chi connectivity index (χ2v) is 7.41. The average Bonchev–Trinajstić information content (AvgIpc) is 2.89. The van der Waals surface area contributed by atoms with Crippen molar-refractivity contribution in [2.75, 3.05) is 26.7 Å². The van der Waals surface area contributed by atoms with Crippen molar-refractivity contribution >= 4 is 16.9 Å². The number of hydrogen-bond donors (Lipinski definition) is 2. The molecule has 2 aromatic rings. The van der Waals surface area contributed by atoms with Gasteiger partial charge in [0.15, 0.2) is 5.65 Å². The van der Waals surface area contributed by atoms with Crippen LogP contribution in [0.5, 0.6) is 0 Å². The van der Waals surface area contributed by atoms with E-state index in [1.807, 2.05) is 25.8 Å². The van der Waals surface area contributed by atoms with Crippen LogP contribution in [0.3, 0.4) is 0 Å². The Hall–Kier alpha value is -2.15. The predicted molar refractivity (Wildman–Crippen MR) is 102 cm³/mol. The Kier molecular flexibility index (Phi) is 5.46. The van der Waals surface area contributed by atoms with E-state index in [0.717, 1.165) is 42.9 Å². The first-order valence-electron chi connectivity index (χ1n) is 9.39. The third-order valence-electron chi connectivity index (χ3n) is 5.53. The van der Waals surface area contributed by atoms with Gasteiger partial charge in [0.1, 0.15) is 0 Å². The van der Waals surface area contributed by atoms with Crippen LogP contribution in [0, 0.1) is 19.8 Å². The first kappa shape index (κ1) is 18.6. The number of piperidine rings is 1. The lowest BCUT2D eigenvalue weighted by molar-refractivity contribution is -0.132. The standard InChI is InChI=1S/C19H29N5O2/c1-12-15(13(2)21-18-17(12)19(26)22-23(18)4)7-8-16(25)24-9-5-6-14(11-24)10-20-3/h14,20H,5-11H2,1-4H3,(H,22,26). The molecule has 7 nitrogen and oxygen atoms in total. The Labute approximate surface area is 153 Å². The van der Waals surface area contributed by atoms with Crippen LogP contribution < -0.4 is 10.9 Å². The molecule has 0 spiro atoms. The lowest BCUT2D eigenvalue weighted by atomic mass is 9.96. The molecule has 2 N–H and O–H groups in total. The van der Waals surface area contributed by atoms with Crippen molar-refractivity contribution in [3.05, 3.63) is 27.2 Å². The molecular formula is C19H29N5O2. The molecule has 0 aliphatic carbocycles. The number of nitrogens with zero attached hydrogens (tertiary/aromatic N) is 3. The van der Waals surface area contributed by atoms with Gasteiger partial charge in [0.25, 0.3) is 5.56 Å². The van der Waals surface area contributed by atoms with E-state index in [1.54, 1.807) is 11.7 Å². The van der Waals surface area contributed by atoms with Crippen LogP contribution in [0.25, 0.3) is 11.0 Å². The fourth-order valence-corrected chi connectivity index (χ4v) is 4.15. The first-order chi connectivity index (χ1) is 12.4. The molecule has 1 atom stereocenters. The number of aromatic amines is 1. The van der Waals surface area contributed by atoms with E-state index in [9.17, 15) is 9.59 Å².